The Morgan fingerprint density at radius 3 is 2.06 bits per heavy atom. The van der Waals surface area contributed by atoms with Gasteiger partial charge in [-0.3, -0.25) is 4.84 Å². The van der Waals surface area contributed by atoms with Gasteiger partial charge in [0.05, 0.1) is 7.11 Å². The molecule has 94 valence electrons. The second kappa shape index (κ2) is 4.64. The van der Waals surface area contributed by atoms with E-state index in [0.717, 1.165) is 0 Å². The minimum absolute atomic E-state index is 0.327. The molecule has 0 amide bonds. The molecule has 1 rings (SSSR count). The maximum Gasteiger partial charge on any atom is 0.359 e. The molecule has 1 saturated heterocycles. The van der Waals surface area contributed by atoms with Gasteiger partial charge in [-0.15, -0.1) is 5.06 Å². The third kappa shape index (κ3) is 1.44. The Labute approximate surface area is 93.8 Å². The van der Waals surface area contributed by atoms with Crippen LogP contribution in [0.1, 0.15) is 6.42 Å². The number of aliphatic carboxylic acids is 1. The van der Waals surface area contributed by atoms with Crippen LogP contribution in [-0.2, 0) is 23.8 Å². The van der Waals surface area contributed by atoms with Crippen molar-refractivity contribution in [2.45, 2.75) is 17.9 Å². The highest BCUT2D eigenvalue weighted by Crippen LogP contribution is 2.42. The van der Waals surface area contributed by atoms with Crippen molar-refractivity contribution >= 4 is 5.97 Å². The molecule has 1 N–H and O–H groups in total. The van der Waals surface area contributed by atoms with Crippen molar-refractivity contribution in [2.75, 3.05) is 35.0 Å². The van der Waals surface area contributed by atoms with Gasteiger partial charge in [-0.2, -0.15) is 0 Å². The molecule has 1 aliphatic rings. The summed E-state index contributed by atoms with van der Waals surface area (Å²) in [6, 6.07) is 0. The molecule has 0 radical (unpaired) electrons. The van der Waals surface area contributed by atoms with Gasteiger partial charge >= 0.3 is 5.97 Å². The summed E-state index contributed by atoms with van der Waals surface area (Å²) in [6.07, 6.45) is 0.327. The highest BCUT2D eigenvalue weighted by Gasteiger charge is 2.68. The SMILES string of the molecule is CON1CCC(OC)(OC)[C@@]1(OC)C(=O)O. The molecule has 7 nitrogen and oxygen atoms in total. The number of nitrogens with zero attached hydrogens (tertiary/aromatic N) is 1. The number of carboxylic acid groups (broad SMARTS) is 1. The fourth-order valence-electron chi connectivity index (χ4n) is 2.16. The molecule has 0 aromatic carbocycles. The number of carboxylic acids is 1. The van der Waals surface area contributed by atoms with E-state index in [9.17, 15) is 9.90 Å². The van der Waals surface area contributed by atoms with E-state index in [1.807, 2.05) is 0 Å². The van der Waals surface area contributed by atoms with Crippen LogP contribution in [0.15, 0.2) is 0 Å². The quantitative estimate of drug-likeness (QED) is 0.654. The van der Waals surface area contributed by atoms with E-state index in [1.54, 1.807) is 0 Å². The minimum Gasteiger partial charge on any atom is -0.478 e. The standard InChI is InChI=1S/C9H17NO6/c1-13-8(14-2)5-6-10(16-4)9(8,15-3)7(11)12/h5-6H2,1-4H3,(H,11,12)/t9-/m0/s1. The Morgan fingerprint density at radius 1 is 1.19 bits per heavy atom. The van der Waals surface area contributed by atoms with Gasteiger partial charge in [0, 0.05) is 34.3 Å². The maximum absolute atomic E-state index is 11.5. The summed E-state index contributed by atoms with van der Waals surface area (Å²) in [5.41, 5.74) is -1.80. The molecule has 7 heteroatoms. The Morgan fingerprint density at radius 2 is 1.75 bits per heavy atom. The zero-order valence-corrected chi connectivity index (χ0v) is 9.85. The third-order valence-corrected chi connectivity index (χ3v) is 2.98. The third-order valence-electron chi connectivity index (χ3n) is 2.98. The molecule has 0 bridgehead atoms. The first-order valence-corrected chi connectivity index (χ1v) is 4.75. The lowest BCUT2D eigenvalue weighted by molar-refractivity contribution is -0.360. The van der Waals surface area contributed by atoms with Gasteiger partial charge in [0.25, 0.3) is 5.72 Å². The number of methoxy groups -OCH3 is 3. The first-order chi connectivity index (χ1) is 7.54. The predicted molar refractivity (Wildman–Crippen MR) is 52.5 cm³/mol. The first-order valence-electron chi connectivity index (χ1n) is 4.75. The molecule has 1 aliphatic heterocycles. The van der Waals surface area contributed by atoms with Crippen LogP contribution in [0.2, 0.25) is 0 Å². The first kappa shape index (κ1) is 13.3. The minimum atomic E-state index is -1.80. The number of hydroxylamine groups is 2. The van der Waals surface area contributed by atoms with Crippen LogP contribution < -0.4 is 0 Å². The molecular weight excluding hydrogens is 218 g/mol. The molecule has 0 saturated carbocycles. The van der Waals surface area contributed by atoms with Gasteiger partial charge in [-0.25, -0.2) is 4.79 Å². The van der Waals surface area contributed by atoms with Crippen LogP contribution in [0.25, 0.3) is 0 Å². The predicted octanol–water partition coefficient (Wildman–Crippen LogP) is -0.330. The number of ether oxygens (including phenoxy) is 3. The molecular formula is C9H17NO6. The summed E-state index contributed by atoms with van der Waals surface area (Å²) in [4.78, 5) is 16.5. The lowest BCUT2D eigenvalue weighted by Crippen LogP contribution is -2.65. The van der Waals surface area contributed by atoms with Crippen molar-refractivity contribution in [1.82, 2.24) is 5.06 Å². The topological polar surface area (TPSA) is 77.5 Å². The van der Waals surface area contributed by atoms with Gasteiger partial charge in [-0.1, -0.05) is 0 Å². The fourth-order valence-corrected chi connectivity index (χ4v) is 2.16. The van der Waals surface area contributed by atoms with E-state index in [0.29, 0.717) is 13.0 Å². The Balaban J connectivity index is 3.25. The van der Waals surface area contributed by atoms with E-state index >= 15 is 0 Å². The number of hydrogen-bond acceptors (Lipinski definition) is 6. The number of hydrogen-bond donors (Lipinski definition) is 1. The van der Waals surface area contributed by atoms with Gasteiger partial charge in [0.1, 0.15) is 0 Å². The van der Waals surface area contributed by atoms with E-state index in [1.165, 1.54) is 33.5 Å². The van der Waals surface area contributed by atoms with Crippen LogP contribution in [0.5, 0.6) is 0 Å². The van der Waals surface area contributed by atoms with Gasteiger partial charge in [-0.05, 0) is 0 Å². The van der Waals surface area contributed by atoms with Crippen molar-refractivity contribution < 1.29 is 28.9 Å². The Kier molecular flexibility index (Phi) is 3.87. The largest absolute Gasteiger partial charge is 0.478 e. The van der Waals surface area contributed by atoms with Gasteiger partial charge in [0.15, 0.2) is 0 Å². The maximum atomic E-state index is 11.5. The second-order valence-corrected chi connectivity index (χ2v) is 3.35. The van der Waals surface area contributed by atoms with Crippen LogP contribution >= 0.6 is 0 Å². The Bertz CT molecular complexity index is 267. The molecule has 0 aromatic heterocycles. The molecule has 1 heterocycles. The van der Waals surface area contributed by atoms with Crippen LogP contribution in [0.3, 0.4) is 0 Å². The molecule has 0 unspecified atom stereocenters. The summed E-state index contributed by atoms with van der Waals surface area (Å²) < 4.78 is 15.5. The van der Waals surface area contributed by atoms with Crippen molar-refractivity contribution in [1.29, 1.82) is 0 Å². The van der Waals surface area contributed by atoms with Crippen LogP contribution in [-0.4, -0.2) is 62.6 Å². The van der Waals surface area contributed by atoms with Gasteiger partial charge < -0.3 is 19.3 Å². The molecule has 1 atom stereocenters. The van der Waals surface area contributed by atoms with Crippen molar-refractivity contribution in [3.63, 3.8) is 0 Å². The van der Waals surface area contributed by atoms with E-state index in [-0.39, 0.29) is 0 Å². The zero-order chi connectivity index (χ0) is 12.4. The summed E-state index contributed by atoms with van der Waals surface area (Å²) in [6.45, 7) is 0.332. The summed E-state index contributed by atoms with van der Waals surface area (Å²) in [5.74, 6) is -2.61. The highest BCUT2D eigenvalue weighted by molar-refractivity contribution is 5.79. The lowest BCUT2D eigenvalue weighted by Gasteiger charge is -2.41. The molecule has 0 aliphatic carbocycles. The van der Waals surface area contributed by atoms with Gasteiger partial charge in [0.2, 0.25) is 5.79 Å². The van der Waals surface area contributed by atoms with E-state index in [2.05, 4.69) is 0 Å². The zero-order valence-electron chi connectivity index (χ0n) is 9.85. The second-order valence-electron chi connectivity index (χ2n) is 3.35. The lowest BCUT2D eigenvalue weighted by atomic mass is 10.0. The highest BCUT2D eigenvalue weighted by atomic mass is 16.8. The summed E-state index contributed by atoms with van der Waals surface area (Å²) >= 11 is 0. The average Bonchev–Trinajstić information content (AvgIpc) is 2.63. The number of carbonyl (C=O) groups is 1. The van der Waals surface area contributed by atoms with Crippen molar-refractivity contribution in [2.24, 2.45) is 0 Å². The molecule has 1 fully saturated rings. The average molecular weight is 235 g/mol. The molecule has 0 spiro atoms. The van der Waals surface area contributed by atoms with Crippen LogP contribution in [0, 0.1) is 0 Å². The Hall–Kier alpha value is -0.730. The summed E-state index contributed by atoms with van der Waals surface area (Å²) in [7, 11) is 5.40. The molecule has 16 heavy (non-hydrogen) atoms. The van der Waals surface area contributed by atoms with E-state index in [4.69, 9.17) is 19.0 Å². The number of rotatable bonds is 5. The monoisotopic (exact) mass is 235 g/mol. The smallest absolute Gasteiger partial charge is 0.359 e. The molecule has 0 aromatic rings. The van der Waals surface area contributed by atoms with Crippen molar-refractivity contribution in [3.8, 4) is 0 Å². The van der Waals surface area contributed by atoms with E-state index < -0.39 is 17.5 Å². The normalized spacial score (nSPS) is 29.5. The fraction of sp³-hybridized carbons (Fsp3) is 0.889. The van der Waals surface area contributed by atoms with Crippen LogP contribution in [0.4, 0.5) is 0 Å². The summed E-state index contributed by atoms with van der Waals surface area (Å²) in [5, 5.41) is 10.6. The van der Waals surface area contributed by atoms with Crippen molar-refractivity contribution in [3.05, 3.63) is 0 Å².